The van der Waals surface area contributed by atoms with Crippen LogP contribution in [0.4, 0.5) is 0 Å². The summed E-state index contributed by atoms with van der Waals surface area (Å²) in [6.07, 6.45) is -0.0589. The molecule has 1 unspecified atom stereocenters. The molecule has 0 spiro atoms. The third-order valence-corrected chi connectivity index (χ3v) is 3.15. The van der Waals surface area contributed by atoms with E-state index in [9.17, 15) is 9.59 Å². The van der Waals surface area contributed by atoms with E-state index >= 15 is 0 Å². The molecule has 5 nitrogen and oxygen atoms in total. The molecule has 0 aromatic heterocycles. The van der Waals surface area contributed by atoms with E-state index in [2.05, 4.69) is 5.32 Å². The number of ether oxygens (including phenoxy) is 1. The molecular formula is C15H21NO4. The van der Waals surface area contributed by atoms with E-state index in [1.165, 1.54) is 13.8 Å². The lowest BCUT2D eigenvalue weighted by molar-refractivity contribution is -0.149. The topological polar surface area (TPSA) is 75.6 Å². The van der Waals surface area contributed by atoms with Crippen molar-refractivity contribution in [1.29, 1.82) is 0 Å². The standard InChI is InChI=1S/C15H21NO4/c1-10(11-6-5-7-12(8-11)20-4)16-13(17)9-15(2,3)14(18)19/h5-8,10H,9H2,1-4H3,(H,16,17)(H,18,19). The Morgan fingerprint density at radius 3 is 2.60 bits per heavy atom. The highest BCUT2D eigenvalue weighted by molar-refractivity contribution is 5.84. The van der Waals surface area contributed by atoms with Crippen molar-refractivity contribution in [1.82, 2.24) is 5.32 Å². The zero-order valence-corrected chi connectivity index (χ0v) is 12.3. The van der Waals surface area contributed by atoms with E-state index in [0.29, 0.717) is 0 Å². The quantitative estimate of drug-likeness (QED) is 0.838. The fourth-order valence-corrected chi connectivity index (χ4v) is 1.76. The number of carboxylic acid groups (broad SMARTS) is 1. The van der Waals surface area contributed by atoms with Gasteiger partial charge in [-0.05, 0) is 38.5 Å². The highest BCUT2D eigenvalue weighted by Crippen LogP contribution is 2.22. The number of aliphatic carboxylic acids is 1. The van der Waals surface area contributed by atoms with Gasteiger partial charge in [-0.2, -0.15) is 0 Å². The van der Waals surface area contributed by atoms with Gasteiger partial charge in [0.1, 0.15) is 5.75 Å². The molecule has 0 aliphatic rings. The monoisotopic (exact) mass is 279 g/mol. The van der Waals surface area contributed by atoms with Gasteiger partial charge in [0.05, 0.1) is 18.6 Å². The Morgan fingerprint density at radius 2 is 2.05 bits per heavy atom. The number of benzene rings is 1. The predicted molar refractivity (Wildman–Crippen MR) is 75.6 cm³/mol. The van der Waals surface area contributed by atoms with Crippen molar-refractivity contribution in [3.8, 4) is 5.75 Å². The second kappa shape index (κ2) is 6.41. The average Bonchev–Trinajstić information content (AvgIpc) is 2.37. The van der Waals surface area contributed by atoms with Crippen LogP contribution < -0.4 is 10.1 Å². The fraction of sp³-hybridized carbons (Fsp3) is 0.467. The Kier molecular flexibility index (Phi) is 5.13. The molecule has 0 heterocycles. The molecule has 1 aromatic rings. The smallest absolute Gasteiger partial charge is 0.309 e. The van der Waals surface area contributed by atoms with E-state index < -0.39 is 11.4 Å². The molecule has 0 aliphatic carbocycles. The number of hydrogen-bond acceptors (Lipinski definition) is 3. The molecule has 2 N–H and O–H groups in total. The number of amides is 1. The van der Waals surface area contributed by atoms with Crippen molar-refractivity contribution in [3.05, 3.63) is 29.8 Å². The van der Waals surface area contributed by atoms with Crippen LogP contribution in [0.5, 0.6) is 5.75 Å². The van der Waals surface area contributed by atoms with Crippen LogP contribution in [-0.4, -0.2) is 24.1 Å². The van der Waals surface area contributed by atoms with Crippen molar-refractivity contribution in [2.75, 3.05) is 7.11 Å². The summed E-state index contributed by atoms with van der Waals surface area (Å²) in [5.41, 5.74) is -0.163. The second-order valence-corrected chi connectivity index (χ2v) is 5.43. The highest BCUT2D eigenvalue weighted by atomic mass is 16.5. The van der Waals surface area contributed by atoms with Crippen LogP contribution in [0.25, 0.3) is 0 Å². The number of carbonyl (C=O) groups excluding carboxylic acids is 1. The van der Waals surface area contributed by atoms with Crippen LogP contribution in [-0.2, 0) is 9.59 Å². The minimum Gasteiger partial charge on any atom is -0.497 e. The lowest BCUT2D eigenvalue weighted by Gasteiger charge is -2.21. The molecule has 0 aliphatic heterocycles. The van der Waals surface area contributed by atoms with Gasteiger partial charge in [0.25, 0.3) is 0 Å². The lowest BCUT2D eigenvalue weighted by atomic mass is 9.89. The van der Waals surface area contributed by atoms with Gasteiger partial charge in [-0.15, -0.1) is 0 Å². The molecule has 1 aromatic carbocycles. The van der Waals surface area contributed by atoms with Crippen molar-refractivity contribution >= 4 is 11.9 Å². The largest absolute Gasteiger partial charge is 0.497 e. The normalized spacial score (nSPS) is 12.6. The number of carbonyl (C=O) groups is 2. The molecule has 0 bridgehead atoms. The Bertz CT molecular complexity index is 496. The van der Waals surface area contributed by atoms with Crippen molar-refractivity contribution in [2.45, 2.75) is 33.2 Å². The number of rotatable bonds is 6. The molecule has 1 amide bonds. The van der Waals surface area contributed by atoms with Gasteiger partial charge in [0.2, 0.25) is 5.91 Å². The van der Waals surface area contributed by atoms with Crippen LogP contribution >= 0.6 is 0 Å². The first-order valence-electron chi connectivity index (χ1n) is 6.43. The summed E-state index contributed by atoms with van der Waals surface area (Å²) < 4.78 is 5.13. The molecule has 20 heavy (non-hydrogen) atoms. The molecule has 0 saturated heterocycles. The van der Waals surface area contributed by atoms with Crippen molar-refractivity contribution in [3.63, 3.8) is 0 Å². The predicted octanol–water partition coefficient (Wildman–Crippen LogP) is 2.37. The van der Waals surface area contributed by atoms with Gasteiger partial charge in [-0.1, -0.05) is 12.1 Å². The lowest BCUT2D eigenvalue weighted by Crippen LogP contribution is -2.34. The molecule has 110 valence electrons. The molecule has 1 rings (SSSR count). The maximum Gasteiger partial charge on any atom is 0.309 e. The third kappa shape index (κ3) is 4.26. The zero-order chi connectivity index (χ0) is 15.3. The summed E-state index contributed by atoms with van der Waals surface area (Å²) in [6.45, 7) is 4.91. The van der Waals surface area contributed by atoms with Crippen LogP contribution in [0.3, 0.4) is 0 Å². The molecule has 5 heteroatoms. The Labute approximate surface area is 118 Å². The van der Waals surface area contributed by atoms with Gasteiger partial charge in [0.15, 0.2) is 0 Å². The Balaban J connectivity index is 2.68. The maximum absolute atomic E-state index is 11.9. The van der Waals surface area contributed by atoms with Crippen molar-refractivity contribution < 1.29 is 19.4 Å². The Hall–Kier alpha value is -2.04. The first kappa shape index (κ1) is 16.0. The molecule has 0 radical (unpaired) electrons. The number of nitrogens with one attached hydrogen (secondary N) is 1. The van der Waals surface area contributed by atoms with E-state index in [-0.39, 0.29) is 18.4 Å². The number of carboxylic acids is 1. The Morgan fingerprint density at radius 1 is 1.40 bits per heavy atom. The molecule has 0 saturated carbocycles. The zero-order valence-electron chi connectivity index (χ0n) is 12.3. The highest BCUT2D eigenvalue weighted by Gasteiger charge is 2.30. The van der Waals surface area contributed by atoms with Gasteiger partial charge in [0, 0.05) is 6.42 Å². The van der Waals surface area contributed by atoms with Gasteiger partial charge in [-0.25, -0.2) is 0 Å². The minimum absolute atomic E-state index is 0.0589. The van der Waals surface area contributed by atoms with E-state index in [0.717, 1.165) is 11.3 Å². The molecular weight excluding hydrogens is 258 g/mol. The summed E-state index contributed by atoms with van der Waals surface area (Å²) in [4.78, 5) is 22.9. The van der Waals surface area contributed by atoms with Crippen molar-refractivity contribution in [2.24, 2.45) is 5.41 Å². The second-order valence-electron chi connectivity index (χ2n) is 5.43. The van der Waals surface area contributed by atoms with E-state index in [1.807, 2.05) is 31.2 Å². The third-order valence-electron chi connectivity index (χ3n) is 3.15. The molecule has 1 atom stereocenters. The van der Waals surface area contributed by atoms with E-state index in [1.54, 1.807) is 7.11 Å². The fourth-order valence-electron chi connectivity index (χ4n) is 1.76. The van der Waals surface area contributed by atoms with Gasteiger partial charge in [-0.3, -0.25) is 9.59 Å². The summed E-state index contributed by atoms with van der Waals surface area (Å²) in [6, 6.07) is 7.19. The summed E-state index contributed by atoms with van der Waals surface area (Å²) in [7, 11) is 1.58. The number of hydrogen-bond donors (Lipinski definition) is 2. The van der Waals surface area contributed by atoms with Crippen LogP contribution in [0.1, 0.15) is 38.8 Å². The minimum atomic E-state index is -1.07. The van der Waals surface area contributed by atoms with Gasteiger partial charge < -0.3 is 15.2 Å². The van der Waals surface area contributed by atoms with Crippen LogP contribution in [0.2, 0.25) is 0 Å². The van der Waals surface area contributed by atoms with Crippen LogP contribution in [0.15, 0.2) is 24.3 Å². The maximum atomic E-state index is 11.9. The average molecular weight is 279 g/mol. The first-order chi connectivity index (χ1) is 9.26. The first-order valence-corrected chi connectivity index (χ1v) is 6.43. The summed E-state index contributed by atoms with van der Waals surface area (Å²) >= 11 is 0. The van der Waals surface area contributed by atoms with E-state index in [4.69, 9.17) is 9.84 Å². The number of methoxy groups -OCH3 is 1. The molecule has 0 fully saturated rings. The summed E-state index contributed by atoms with van der Waals surface area (Å²) in [5, 5.41) is 11.8. The SMILES string of the molecule is COc1cccc(C(C)NC(=O)CC(C)(C)C(=O)O)c1. The van der Waals surface area contributed by atoms with Gasteiger partial charge >= 0.3 is 5.97 Å². The summed E-state index contributed by atoms with van der Waals surface area (Å²) in [5.74, 6) is -0.552. The van der Waals surface area contributed by atoms with Crippen LogP contribution in [0, 0.1) is 5.41 Å².